The van der Waals surface area contributed by atoms with E-state index in [2.05, 4.69) is 20.1 Å². The van der Waals surface area contributed by atoms with E-state index in [1.165, 1.54) is 0 Å². The molecule has 3 aromatic heterocycles. The summed E-state index contributed by atoms with van der Waals surface area (Å²) in [6.45, 7) is 0.524. The van der Waals surface area contributed by atoms with Crippen LogP contribution in [-0.2, 0) is 13.6 Å². The largest absolute Gasteiger partial charge is 0.329 e. The van der Waals surface area contributed by atoms with E-state index in [0.29, 0.717) is 11.3 Å². The normalized spacial score (nSPS) is 11.1. The Morgan fingerprint density at radius 1 is 1.41 bits per heavy atom. The van der Waals surface area contributed by atoms with Crippen molar-refractivity contribution in [2.45, 2.75) is 6.54 Å². The SMILES string of the molecule is Cn1cnc(Cn2c(=S)[nH]c3cccnc32)n1. The van der Waals surface area contributed by atoms with Crippen molar-refractivity contribution in [3.05, 3.63) is 35.3 Å². The number of nitrogens with zero attached hydrogens (tertiary/aromatic N) is 5. The summed E-state index contributed by atoms with van der Waals surface area (Å²) in [6, 6.07) is 3.82. The number of rotatable bonds is 2. The van der Waals surface area contributed by atoms with E-state index >= 15 is 0 Å². The first kappa shape index (κ1) is 10.2. The van der Waals surface area contributed by atoms with Crippen molar-refractivity contribution in [3.63, 3.8) is 0 Å². The predicted octanol–water partition coefficient (Wildman–Crippen LogP) is 1.27. The van der Waals surface area contributed by atoms with E-state index in [1.807, 2.05) is 23.7 Å². The highest BCUT2D eigenvalue weighted by atomic mass is 32.1. The highest BCUT2D eigenvalue weighted by Gasteiger charge is 2.07. The number of aromatic amines is 1. The van der Waals surface area contributed by atoms with E-state index in [0.717, 1.165) is 17.0 Å². The molecule has 3 aromatic rings. The van der Waals surface area contributed by atoms with Crippen molar-refractivity contribution in [1.29, 1.82) is 0 Å². The lowest BCUT2D eigenvalue weighted by Gasteiger charge is -1.99. The van der Waals surface area contributed by atoms with Crippen LogP contribution in [0.1, 0.15) is 5.82 Å². The van der Waals surface area contributed by atoms with Crippen molar-refractivity contribution in [2.24, 2.45) is 7.05 Å². The molecule has 3 rings (SSSR count). The van der Waals surface area contributed by atoms with Crippen LogP contribution in [0.3, 0.4) is 0 Å². The summed E-state index contributed by atoms with van der Waals surface area (Å²) >= 11 is 5.26. The lowest BCUT2D eigenvalue weighted by atomic mass is 10.4. The molecule has 0 atom stereocenters. The van der Waals surface area contributed by atoms with Gasteiger partial charge >= 0.3 is 0 Å². The molecule has 0 saturated carbocycles. The Bertz CT molecular complexity index is 722. The molecule has 0 fully saturated rings. The second-order valence-corrected chi connectivity index (χ2v) is 4.11. The summed E-state index contributed by atoms with van der Waals surface area (Å²) in [5.41, 5.74) is 1.75. The highest BCUT2D eigenvalue weighted by Crippen LogP contribution is 2.11. The van der Waals surface area contributed by atoms with Crippen LogP contribution in [0.15, 0.2) is 24.7 Å². The third-order valence-corrected chi connectivity index (χ3v) is 2.80. The lowest BCUT2D eigenvalue weighted by Crippen LogP contribution is -2.03. The van der Waals surface area contributed by atoms with Crippen LogP contribution in [0, 0.1) is 4.77 Å². The molecule has 0 saturated heterocycles. The average molecular weight is 246 g/mol. The fraction of sp³-hybridized carbons (Fsp3) is 0.200. The fourth-order valence-corrected chi connectivity index (χ4v) is 1.99. The summed E-state index contributed by atoms with van der Waals surface area (Å²) in [7, 11) is 1.84. The van der Waals surface area contributed by atoms with Gasteiger partial charge < -0.3 is 4.98 Å². The first-order chi connectivity index (χ1) is 8.24. The molecule has 6 nitrogen and oxygen atoms in total. The van der Waals surface area contributed by atoms with Gasteiger partial charge in [0, 0.05) is 13.2 Å². The Kier molecular flexibility index (Phi) is 2.25. The van der Waals surface area contributed by atoms with Gasteiger partial charge in [0.2, 0.25) is 0 Å². The number of aryl methyl sites for hydroxylation is 1. The first-order valence-corrected chi connectivity index (χ1v) is 5.53. The lowest BCUT2D eigenvalue weighted by molar-refractivity contribution is 0.704. The molecule has 0 spiro atoms. The van der Waals surface area contributed by atoms with Crippen LogP contribution >= 0.6 is 12.2 Å². The monoisotopic (exact) mass is 246 g/mol. The van der Waals surface area contributed by atoms with Gasteiger partial charge in [-0.05, 0) is 24.4 Å². The number of hydrogen-bond acceptors (Lipinski definition) is 4. The minimum Gasteiger partial charge on any atom is -0.329 e. The van der Waals surface area contributed by atoms with E-state index < -0.39 is 0 Å². The molecule has 0 radical (unpaired) electrons. The third-order valence-electron chi connectivity index (χ3n) is 2.48. The third kappa shape index (κ3) is 1.74. The molecule has 0 amide bonds. The van der Waals surface area contributed by atoms with Crippen molar-refractivity contribution in [1.82, 2.24) is 29.3 Å². The Labute approximate surface area is 102 Å². The fourth-order valence-electron chi connectivity index (χ4n) is 1.73. The number of imidazole rings is 1. The van der Waals surface area contributed by atoms with Gasteiger partial charge in [0.05, 0.1) is 12.1 Å². The average Bonchev–Trinajstić information content (AvgIpc) is 2.85. The highest BCUT2D eigenvalue weighted by molar-refractivity contribution is 7.71. The Balaban J connectivity index is 2.11. The quantitative estimate of drug-likeness (QED) is 0.692. The maximum Gasteiger partial charge on any atom is 0.179 e. The maximum absolute atomic E-state index is 5.26. The van der Waals surface area contributed by atoms with E-state index in [9.17, 15) is 0 Å². The number of hydrogen-bond donors (Lipinski definition) is 1. The van der Waals surface area contributed by atoms with Crippen LogP contribution in [0.25, 0.3) is 11.2 Å². The topological polar surface area (TPSA) is 64.3 Å². The molecule has 0 bridgehead atoms. The second-order valence-electron chi connectivity index (χ2n) is 3.73. The molecular weight excluding hydrogens is 236 g/mol. The smallest absolute Gasteiger partial charge is 0.179 e. The molecule has 7 heteroatoms. The minimum atomic E-state index is 0.524. The van der Waals surface area contributed by atoms with Gasteiger partial charge in [-0.15, -0.1) is 0 Å². The van der Waals surface area contributed by atoms with Gasteiger partial charge in [0.1, 0.15) is 6.33 Å². The van der Waals surface area contributed by atoms with E-state index in [1.54, 1.807) is 17.2 Å². The van der Waals surface area contributed by atoms with E-state index in [-0.39, 0.29) is 0 Å². The number of H-pyrrole nitrogens is 1. The summed E-state index contributed by atoms with van der Waals surface area (Å²) in [4.78, 5) is 11.6. The van der Waals surface area contributed by atoms with Crippen LogP contribution in [0.5, 0.6) is 0 Å². The van der Waals surface area contributed by atoms with Gasteiger partial charge in [-0.3, -0.25) is 9.25 Å². The molecule has 0 unspecified atom stereocenters. The van der Waals surface area contributed by atoms with Crippen molar-refractivity contribution in [3.8, 4) is 0 Å². The zero-order valence-electron chi connectivity index (χ0n) is 9.16. The first-order valence-electron chi connectivity index (χ1n) is 5.12. The Morgan fingerprint density at radius 3 is 3.06 bits per heavy atom. The molecule has 1 N–H and O–H groups in total. The van der Waals surface area contributed by atoms with Crippen LogP contribution < -0.4 is 0 Å². The molecule has 0 aliphatic heterocycles. The van der Waals surface area contributed by atoms with Crippen molar-refractivity contribution in [2.75, 3.05) is 0 Å². The number of pyridine rings is 1. The predicted molar refractivity (Wildman–Crippen MR) is 65.0 cm³/mol. The van der Waals surface area contributed by atoms with Gasteiger partial charge in [-0.2, -0.15) is 5.10 Å². The number of fused-ring (bicyclic) bond motifs is 1. The molecule has 17 heavy (non-hydrogen) atoms. The van der Waals surface area contributed by atoms with Crippen molar-refractivity contribution >= 4 is 23.4 Å². The molecular formula is C10H10N6S. The van der Waals surface area contributed by atoms with Gasteiger partial charge in [0.15, 0.2) is 16.2 Å². The maximum atomic E-state index is 5.26. The number of nitrogens with one attached hydrogen (secondary N) is 1. The molecule has 0 aromatic carbocycles. The summed E-state index contributed by atoms with van der Waals surface area (Å²) in [6.07, 6.45) is 3.41. The van der Waals surface area contributed by atoms with E-state index in [4.69, 9.17) is 12.2 Å². The van der Waals surface area contributed by atoms with Crippen LogP contribution in [0.4, 0.5) is 0 Å². The Morgan fingerprint density at radius 2 is 2.29 bits per heavy atom. The van der Waals surface area contributed by atoms with Crippen LogP contribution in [-0.4, -0.2) is 29.3 Å². The van der Waals surface area contributed by atoms with Crippen molar-refractivity contribution < 1.29 is 0 Å². The zero-order valence-corrected chi connectivity index (χ0v) is 9.98. The van der Waals surface area contributed by atoms with Gasteiger partial charge in [0.25, 0.3) is 0 Å². The summed E-state index contributed by atoms with van der Waals surface area (Å²) in [5, 5.41) is 4.23. The number of aromatic nitrogens is 6. The minimum absolute atomic E-state index is 0.524. The molecule has 0 aliphatic carbocycles. The Hall–Kier alpha value is -2.02. The zero-order chi connectivity index (χ0) is 11.8. The summed E-state index contributed by atoms with van der Waals surface area (Å²) in [5.74, 6) is 0.718. The summed E-state index contributed by atoms with van der Waals surface area (Å²) < 4.78 is 4.19. The van der Waals surface area contributed by atoms with Gasteiger partial charge in [-0.1, -0.05) is 0 Å². The van der Waals surface area contributed by atoms with Gasteiger partial charge in [-0.25, -0.2) is 9.97 Å². The molecule has 86 valence electrons. The molecule has 3 heterocycles. The standard InChI is InChI=1S/C10H10N6S/c1-15-6-12-8(14-15)5-16-9-7(13-10(16)17)3-2-4-11-9/h2-4,6H,5H2,1H3,(H,13,17). The molecule has 0 aliphatic rings. The second kappa shape index (κ2) is 3.77. The van der Waals surface area contributed by atoms with Crippen LogP contribution in [0.2, 0.25) is 0 Å².